The molecule has 1 rings (SSSR count). The average Bonchev–Trinajstić information content (AvgIpc) is 2.28. The van der Waals surface area contributed by atoms with Crippen LogP contribution in [-0.2, 0) is 4.79 Å². The number of phenolic OH excluding ortho intramolecular Hbond substituents is 1. The van der Waals surface area contributed by atoms with Gasteiger partial charge in [-0.2, -0.15) is 0 Å². The van der Waals surface area contributed by atoms with Gasteiger partial charge in [-0.15, -0.1) is 0 Å². The predicted molar refractivity (Wildman–Crippen MR) is 64.4 cm³/mol. The molecular weight excluding hydrogens is 204 g/mol. The quantitative estimate of drug-likeness (QED) is 0.742. The predicted octanol–water partition coefficient (Wildman–Crippen LogP) is 1.48. The van der Waals surface area contributed by atoms with Crippen LogP contribution in [0.4, 0.5) is 5.69 Å². The number of amides is 1. The first-order valence-electron chi connectivity index (χ1n) is 5.41. The van der Waals surface area contributed by atoms with Gasteiger partial charge in [-0.05, 0) is 31.5 Å². The van der Waals surface area contributed by atoms with Gasteiger partial charge in [0, 0.05) is 25.2 Å². The zero-order chi connectivity index (χ0) is 12.0. The van der Waals surface area contributed by atoms with Crippen molar-refractivity contribution in [1.29, 1.82) is 0 Å². The highest BCUT2D eigenvalue weighted by Crippen LogP contribution is 2.19. The van der Waals surface area contributed by atoms with E-state index in [1.165, 1.54) is 0 Å². The molecule has 0 unspecified atom stereocenters. The third kappa shape index (κ3) is 3.55. The molecule has 0 aromatic heterocycles. The molecule has 0 radical (unpaired) electrons. The molecule has 4 heteroatoms. The fraction of sp³-hybridized carbons (Fsp3) is 0.417. The molecule has 0 aliphatic heterocycles. The largest absolute Gasteiger partial charge is 0.508 e. The smallest absolute Gasteiger partial charge is 0.226 e. The van der Waals surface area contributed by atoms with Crippen molar-refractivity contribution in [1.82, 2.24) is 0 Å². The van der Waals surface area contributed by atoms with E-state index in [1.54, 1.807) is 36.2 Å². The van der Waals surface area contributed by atoms with Gasteiger partial charge in [-0.3, -0.25) is 4.79 Å². The molecule has 0 saturated carbocycles. The van der Waals surface area contributed by atoms with Crippen molar-refractivity contribution in [2.75, 3.05) is 18.5 Å². The number of hydrogen-bond donors (Lipinski definition) is 2. The molecule has 1 aromatic carbocycles. The lowest BCUT2D eigenvalue weighted by Crippen LogP contribution is -2.25. The minimum absolute atomic E-state index is 0.0408. The SMILES string of the molecule is CN(C(=O)CCCCN)c1cccc(O)c1. The lowest BCUT2D eigenvalue weighted by Gasteiger charge is -2.17. The van der Waals surface area contributed by atoms with Crippen molar-refractivity contribution >= 4 is 11.6 Å². The van der Waals surface area contributed by atoms with Gasteiger partial charge in [0.25, 0.3) is 0 Å². The van der Waals surface area contributed by atoms with Crippen molar-refractivity contribution in [2.45, 2.75) is 19.3 Å². The van der Waals surface area contributed by atoms with E-state index in [4.69, 9.17) is 5.73 Å². The Kier molecular flexibility index (Phi) is 4.79. The first kappa shape index (κ1) is 12.5. The second kappa shape index (κ2) is 6.12. The molecule has 0 aliphatic carbocycles. The zero-order valence-corrected chi connectivity index (χ0v) is 9.52. The molecule has 0 spiro atoms. The summed E-state index contributed by atoms with van der Waals surface area (Å²) in [6.45, 7) is 0.614. The molecule has 0 saturated heterocycles. The maximum atomic E-state index is 11.7. The van der Waals surface area contributed by atoms with Crippen LogP contribution >= 0.6 is 0 Å². The second-order valence-corrected chi connectivity index (χ2v) is 3.72. The number of benzene rings is 1. The standard InChI is InChI=1S/C12H18N2O2/c1-14(12(16)7-2-3-8-13)10-5-4-6-11(15)9-10/h4-6,9,15H,2-3,7-8,13H2,1H3. The molecule has 0 aliphatic rings. The number of carbonyl (C=O) groups excluding carboxylic acids is 1. The van der Waals surface area contributed by atoms with Crippen molar-refractivity contribution in [3.05, 3.63) is 24.3 Å². The van der Waals surface area contributed by atoms with E-state index in [2.05, 4.69) is 0 Å². The molecule has 0 heterocycles. The van der Waals surface area contributed by atoms with Crippen LogP contribution in [0.25, 0.3) is 0 Å². The Bertz CT molecular complexity index is 353. The van der Waals surface area contributed by atoms with Crippen LogP contribution in [0.1, 0.15) is 19.3 Å². The summed E-state index contributed by atoms with van der Waals surface area (Å²) < 4.78 is 0. The van der Waals surface area contributed by atoms with Gasteiger partial charge in [0.1, 0.15) is 5.75 Å². The van der Waals surface area contributed by atoms with Gasteiger partial charge in [-0.25, -0.2) is 0 Å². The molecule has 1 aromatic rings. The summed E-state index contributed by atoms with van der Waals surface area (Å²) in [5.41, 5.74) is 6.07. The van der Waals surface area contributed by atoms with E-state index in [-0.39, 0.29) is 11.7 Å². The number of aromatic hydroxyl groups is 1. The molecule has 0 fully saturated rings. The highest BCUT2D eigenvalue weighted by molar-refractivity contribution is 5.92. The first-order chi connectivity index (χ1) is 7.65. The summed E-state index contributed by atoms with van der Waals surface area (Å²) in [4.78, 5) is 13.3. The Morgan fingerprint density at radius 2 is 2.19 bits per heavy atom. The summed E-state index contributed by atoms with van der Waals surface area (Å²) in [5.74, 6) is 0.207. The molecule has 3 N–H and O–H groups in total. The fourth-order valence-corrected chi connectivity index (χ4v) is 1.43. The fourth-order valence-electron chi connectivity index (χ4n) is 1.43. The zero-order valence-electron chi connectivity index (χ0n) is 9.52. The van der Waals surface area contributed by atoms with Gasteiger partial charge in [0.05, 0.1) is 0 Å². The van der Waals surface area contributed by atoms with Crippen LogP contribution in [0.2, 0.25) is 0 Å². The molecule has 1 amide bonds. The van der Waals surface area contributed by atoms with Crippen molar-refractivity contribution < 1.29 is 9.90 Å². The number of nitrogens with zero attached hydrogens (tertiary/aromatic N) is 1. The van der Waals surface area contributed by atoms with Crippen LogP contribution in [0.15, 0.2) is 24.3 Å². The third-order valence-electron chi connectivity index (χ3n) is 2.44. The molecule has 0 bridgehead atoms. The van der Waals surface area contributed by atoms with Gasteiger partial charge < -0.3 is 15.7 Å². The lowest BCUT2D eigenvalue weighted by molar-refractivity contribution is -0.118. The Morgan fingerprint density at radius 3 is 2.81 bits per heavy atom. The van der Waals surface area contributed by atoms with E-state index < -0.39 is 0 Å². The van der Waals surface area contributed by atoms with Crippen LogP contribution in [0.5, 0.6) is 5.75 Å². The van der Waals surface area contributed by atoms with Crippen molar-refractivity contribution in [2.24, 2.45) is 5.73 Å². The van der Waals surface area contributed by atoms with Crippen LogP contribution < -0.4 is 10.6 Å². The normalized spacial score (nSPS) is 10.1. The minimum atomic E-state index is 0.0408. The maximum Gasteiger partial charge on any atom is 0.226 e. The summed E-state index contributed by atoms with van der Waals surface area (Å²) in [7, 11) is 1.71. The summed E-state index contributed by atoms with van der Waals surface area (Å²) in [5, 5.41) is 9.30. The minimum Gasteiger partial charge on any atom is -0.508 e. The summed E-state index contributed by atoms with van der Waals surface area (Å²) >= 11 is 0. The molecule has 88 valence electrons. The van der Waals surface area contributed by atoms with E-state index in [9.17, 15) is 9.90 Å². The van der Waals surface area contributed by atoms with Crippen molar-refractivity contribution in [3.8, 4) is 5.75 Å². The van der Waals surface area contributed by atoms with Gasteiger partial charge in [0.2, 0.25) is 5.91 Å². The Hall–Kier alpha value is -1.55. The molecule has 4 nitrogen and oxygen atoms in total. The van der Waals surface area contributed by atoms with E-state index in [0.29, 0.717) is 18.7 Å². The Morgan fingerprint density at radius 1 is 1.44 bits per heavy atom. The number of phenols is 1. The number of hydrogen-bond acceptors (Lipinski definition) is 3. The van der Waals surface area contributed by atoms with Crippen LogP contribution in [0, 0.1) is 0 Å². The van der Waals surface area contributed by atoms with Crippen LogP contribution in [-0.4, -0.2) is 24.6 Å². The average molecular weight is 222 g/mol. The highest BCUT2D eigenvalue weighted by Gasteiger charge is 2.10. The van der Waals surface area contributed by atoms with Gasteiger partial charge in [0.15, 0.2) is 0 Å². The second-order valence-electron chi connectivity index (χ2n) is 3.72. The van der Waals surface area contributed by atoms with Crippen LogP contribution in [0.3, 0.4) is 0 Å². The Balaban J connectivity index is 2.56. The molecule has 0 atom stereocenters. The van der Waals surface area contributed by atoms with E-state index >= 15 is 0 Å². The number of anilines is 1. The summed E-state index contributed by atoms with van der Waals surface area (Å²) in [6.07, 6.45) is 2.15. The van der Waals surface area contributed by atoms with E-state index in [1.807, 2.05) is 0 Å². The number of carbonyl (C=O) groups is 1. The first-order valence-corrected chi connectivity index (χ1v) is 5.41. The summed E-state index contributed by atoms with van der Waals surface area (Å²) in [6, 6.07) is 6.66. The van der Waals surface area contributed by atoms with Gasteiger partial charge >= 0.3 is 0 Å². The Labute approximate surface area is 95.7 Å². The number of unbranched alkanes of at least 4 members (excludes halogenated alkanes) is 1. The molecule has 16 heavy (non-hydrogen) atoms. The van der Waals surface area contributed by atoms with Gasteiger partial charge in [-0.1, -0.05) is 6.07 Å². The molecular formula is C12H18N2O2. The number of nitrogens with two attached hydrogens (primary N) is 1. The van der Waals surface area contributed by atoms with Crippen molar-refractivity contribution in [3.63, 3.8) is 0 Å². The number of rotatable bonds is 5. The lowest BCUT2D eigenvalue weighted by atomic mass is 10.2. The monoisotopic (exact) mass is 222 g/mol. The van der Waals surface area contributed by atoms with E-state index in [0.717, 1.165) is 12.8 Å². The maximum absolute atomic E-state index is 11.7. The topological polar surface area (TPSA) is 66.6 Å². The highest BCUT2D eigenvalue weighted by atomic mass is 16.3. The third-order valence-corrected chi connectivity index (χ3v) is 2.44.